The normalized spacial score (nSPS) is 17.3. The van der Waals surface area contributed by atoms with Crippen molar-refractivity contribution in [3.63, 3.8) is 0 Å². The largest absolute Gasteiger partial charge is 0.452 e. The van der Waals surface area contributed by atoms with E-state index < -0.39 is 28.5 Å². The van der Waals surface area contributed by atoms with Gasteiger partial charge in [-0.25, -0.2) is 13.2 Å². The van der Waals surface area contributed by atoms with Crippen LogP contribution in [0.3, 0.4) is 0 Å². The minimum atomic E-state index is -3.46. The van der Waals surface area contributed by atoms with E-state index in [0.717, 1.165) is 16.8 Å². The Balaban J connectivity index is 1.62. The number of anilines is 1. The number of benzene rings is 1. The summed E-state index contributed by atoms with van der Waals surface area (Å²) in [7, 11) is -3.46. The first-order valence-electron chi connectivity index (χ1n) is 9.22. The Morgan fingerprint density at radius 1 is 1.28 bits per heavy atom. The van der Waals surface area contributed by atoms with Crippen molar-refractivity contribution in [1.82, 2.24) is 4.90 Å². The van der Waals surface area contributed by atoms with E-state index in [1.54, 1.807) is 4.90 Å². The average molecular weight is 417 g/mol. The van der Waals surface area contributed by atoms with Crippen molar-refractivity contribution in [3.05, 3.63) is 53.3 Å². The Morgan fingerprint density at radius 3 is 2.76 bits per heavy atom. The molecule has 3 rings (SSSR count). The maximum atomic E-state index is 12.3. The topological polar surface area (TPSA) is 105 Å². The SMILES string of the molecule is Cc1cccc(C(C)C)c1NC(=O)COC(=O)C1=CN2CCS(=O)(=O)N=C2C=C1. The molecule has 154 valence electrons. The summed E-state index contributed by atoms with van der Waals surface area (Å²) in [6.07, 6.45) is 4.34. The van der Waals surface area contributed by atoms with Gasteiger partial charge < -0.3 is 15.0 Å². The number of fused-ring (bicyclic) bond motifs is 1. The molecule has 0 radical (unpaired) electrons. The van der Waals surface area contributed by atoms with E-state index in [1.165, 1.54) is 18.4 Å². The molecule has 0 saturated carbocycles. The van der Waals surface area contributed by atoms with Crippen LogP contribution in [0.15, 0.2) is 46.5 Å². The molecule has 2 heterocycles. The van der Waals surface area contributed by atoms with Crippen LogP contribution in [0.2, 0.25) is 0 Å². The molecule has 1 aromatic rings. The van der Waals surface area contributed by atoms with Crippen LogP contribution in [0, 0.1) is 6.92 Å². The summed E-state index contributed by atoms with van der Waals surface area (Å²) in [5.41, 5.74) is 2.89. The lowest BCUT2D eigenvalue weighted by molar-refractivity contribution is -0.143. The van der Waals surface area contributed by atoms with Gasteiger partial charge in [0.15, 0.2) is 6.61 Å². The second-order valence-electron chi connectivity index (χ2n) is 7.16. The molecule has 0 bridgehead atoms. The van der Waals surface area contributed by atoms with E-state index in [-0.39, 0.29) is 29.6 Å². The fourth-order valence-electron chi connectivity index (χ4n) is 3.05. The molecule has 0 fully saturated rings. The predicted molar refractivity (Wildman–Crippen MR) is 110 cm³/mol. The number of amidine groups is 1. The minimum Gasteiger partial charge on any atom is -0.452 e. The second kappa shape index (κ2) is 8.20. The molecule has 1 aromatic carbocycles. The van der Waals surface area contributed by atoms with Crippen molar-refractivity contribution in [3.8, 4) is 0 Å². The van der Waals surface area contributed by atoms with E-state index in [4.69, 9.17) is 4.74 Å². The third-order valence-corrected chi connectivity index (χ3v) is 5.75. The van der Waals surface area contributed by atoms with Gasteiger partial charge in [0.05, 0.1) is 11.3 Å². The molecule has 0 spiro atoms. The molecule has 0 aliphatic carbocycles. The van der Waals surface area contributed by atoms with Gasteiger partial charge in [0.1, 0.15) is 5.84 Å². The number of para-hydroxylation sites is 1. The number of nitrogens with zero attached hydrogens (tertiary/aromatic N) is 2. The summed E-state index contributed by atoms with van der Waals surface area (Å²) < 4.78 is 31.8. The third kappa shape index (κ3) is 4.92. The van der Waals surface area contributed by atoms with Crippen molar-refractivity contribution in [2.24, 2.45) is 4.40 Å². The standard InChI is InChI=1S/C20H23N3O5S/c1-13(2)16-6-4-5-14(3)19(16)21-18(24)12-28-20(25)15-7-8-17-22-29(26,27)10-9-23(17)11-15/h4-8,11,13H,9-10,12H2,1-3H3,(H,21,24). The lowest BCUT2D eigenvalue weighted by atomic mass is 9.98. The van der Waals surface area contributed by atoms with Crippen LogP contribution in [0.25, 0.3) is 0 Å². The van der Waals surface area contributed by atoms with E-state index in [2.05, 4.69) is 9.71 Å². The maximum absolute atomic E-state index is 12.3. The van der Waals surface area contributed by atoms with Gasteiger partial charge in [-0.3, -0.25) is 4.79 Å². The van der Waals surface area contributed by atoms with Crippen LogP contribution in [-0.4, -0.2) is 49.9 Å². The highest BCUT2D eigenvalue weighted by Gasteiger charge is 2.25. The van der Waals surface area contributed by atoms with Crippen LogP contribution in [0.4, 0.5) is 5.69 Å². The molecule has 2 aliphatic rings. The summed E-state index contributed by atoms with van der Waals surface area (Å²) in [6, 6.07) is 5.80. The van der Waals surface area contributed by atoms with Crippen molar-refractivity contribution < 1.29 is 22.7 Å². The van der Waals surface area contributed by atoms with Crippen molar-refractivity contribution >= 4 is 33.4 Å². The van der Waals surface area contributed by atoms with E-state index in [9.17, 15) is 18.0 Å². The first-order valence-corrected chi connectivity index (χ1v) is 10.8. The van der Waals surface area contributed by atoms with Crippen LogP contribution >= 0.6 is 0 Å². The van der Waals surface area contributed by atoms with Gasteiger partial charge in [-0.15, -0.1) is 4.40 Å². The summed E-state index contributed by atoms with van der Waals surface area (Å²) in [6.45, 7) is 5.76. The van der Waals surface area contributed by atoms with Crippen LogP contribution < -0.4 is 5.32 Å². The van der Waals surface area contributed by atoms with Gasteiger partial charge in [-0.2, -0.15) is 0 Å². The highest BCUT2D eigenvalue weighted by Crippen LogP contribution is 2.27. The van der Waals surface area contributed by atoms with Gasteiger partial charge >= 0.3 is 5.97 Å². The molecular formula is C20H23N3O5S. The van der Waals surface area contributed by atoms with Crippen molar-refractivity contribution in [2.75, 3.05) is 24.2 Å². The number of carbonyl (C=O) groups is 2. The number of nitrogens with one attached hydrogen (secondary N) is 1. The highest BCUT2D eigenvalue weighted by molar-refractivity contribution is 7.90. The van der Waals surface area contributed by atoms with Gasteiger partial charge in [0.2, 0.25) is 0 Å². The number of sulfonamides is 1. The van der Waals surface area contributed by atoms with Gasteiger partial charge in [-0.1, -0.05) is 32.0 Å². The summed E-state index contributed by atoms with van der Waals surface area (Å²) in [5.74, 6) is -0.736. The molecule has 8 nitrogen and oxygen atoms in total. The van der Waals surface area contributed by atoms with Crippen molar-refractivity contribution in [1.29, 1.82) is 0 Å². The Bertz CT molecular complexity index is 1040. The fraction of sp³-hybridized carbons (Fsp3) is 0.350. The van der Waals surface area contributed by atoms with E-state index in [1.807, 2.05) is 39.0 Å². The molecule has 9 heteroatoms. The number of esters is 1. The number of hydrogen-bond donors (Lipinski definition) is 1. The molecule has 29 heavy (non-hydrogen) atoms. The smallest absolute Gasteiger partial charge is 0.340 e. The number of carbonyl (C=O) groups excluding carboxylic acids is 2. The lowest BCUT2D eigenvalue weighted by Crippen LogP contribution is -2.37. The highest BCUT2D eigenvalue weighted by atomic mass is 32.2. The van der Waals surface area contributed by atoms with Gasteiger partial charge in [-0.05, 0) is 36.1 Å². The summed E-state index contributed by atoms with van der Waals surface area (Å²) >= 11 is 0. The monoisotopic (exact) mass is 417 g/mol. The van der Waals surface area contributed by atoms with Crippen LogP contribution in [0.1, 0.15) is 30.9 Å². The maximum Gasteiger partial charge on any atom is 0.340 e. The zero-order valence-electron chi connectivity index (χ0n) is 16.5. The van der Waals surface area contributed by atoms with Gasteiger partial charge in [0, 0.05) is 18.4 Å². The molecule has 0 aromatic heterocycles. The Kier molecular flexibility index (Phi) is 5.88. The van der Waals surface area contributed by atoms with Crippen LogP contribution in [-0.2, 0) is 24.3 Å². The molecule has 0 saturated heterocycles. The first kappa shape index (κ1) is 20.8. The molecular weight excluding hydrogens is 394 g/mol. The van der Waals surface area contributed by atoms with Crippen LogP contribution in [0.5, 0.6) is 0 Å². The lowest BCUT2D eigenvalue weighted by Gasteiger charge is -2.26. The van der Waals surface area contributed by atoms with E-state index in [0.29, 0.717) is 0 Å². The fourth-order valence-corrected chi connectivity index (χ4v) is 4.02. The molecule has 2 aliphatic heterocycles. The zero-order valence-corrected chi connectivity index (χ0v) is 17.3. The Labute approximate surface area is 170 Å². The minimum absolute atomic E-state index is 0.125. The molecule has 0 atom stereocenters. The number of amides is 1. The number of hydrogen-bond acceptors (Lipinski definition) is 6. The Morgan fingerprint density at radius 2 is 2.03 bits per heavy atom. The average Bonchev–Trinajstić information content (AvgIpc) is 2.66. The van der Waals surface area contributed by atoms with Crippen molar-refractivity contribution in [2.45, 2.75) is 26.7 Å². The second-order valence-corrected chi connectivity index (χ2v) is 8.92. The number of rotatable bonds is 5. The zero-order chi connectivity index (χ0) is 21.2. The quantitative estimate of drug-likeness (QED) is 0.736. The summed E-state index contributed by atoms with van der Waals surface area (Å²) in [4.78, 5) is 26.2. The number of aryl methyl sites for hydroxylation is 1. The number of ether oxygens (including phenoxy) is 1. The third-order valence-electron chi connectivity index (χ3n) is 4.59. The first-order chi connectivity index (χ1) is 13.7. The molecule has 1 N–H and O–H groups in total. The van der Waals surface area contributed by atoms with Gasteiger partial charge in [0.25, 0.3) is 15.9 Å². The Hall–Kier alpha value is -2.94. The van der Waals surface area contributed by atoms with E-state index >= 15 is 0 Å². The predicted octanol–water partition coefficient (Wildman–Crippen LogP) is 2.10. The molecule has 1 amide bonds. The molecule has 0 unspecified atom stereocenters. The summed E-state index contributed by atoms with van der Waals surface area (Å²) in [5, 5.41) is 2.82.